The molecule has 0 aromatic heterocycles. The maximum Gasteiger partial charge on any atom is 0.236 e. The molecule has 1 amide bonds. The zero-order chi connectivity index (χ0) is 13.5. The van der Waals surface area contributed by atoms with Gasteiger partial charge in [-0.05, 0) is 25.5 Å². The van der Waals surface area contributed by atoms with Gasteiger partial charge in [-0.2, -0.15) is 0 Å². The second-order valence-electron chi connectivity index (χ2n) is 4.14. The third-order valence-corrected chi connectivity index (χ3v) is 2.47. The summed E-state index contributed by atoms with van der Waals surface area (Å²) in [6, 6.07) is 5.38. The van der Waals surface area contributed by atoms with Gasteiger partial charge in [-0.1, -0.05) is 13.0 Å². The minimum absolute atomic E-state index is 0. The summed E-state index contributed by atoms with van der Waals surface area (Å²) in [5.74, 6) is -0.116. The van der Waals surface area contributed by atoms with Crippen molar-refractivity contribution in [2.75, 3.05) is 6.54 Å². The van der Waals surface area contributed by atoms with Crippen LogP contribution in [0.5, 0.6) is 5.75 Å². The fourth-order valence-corrected chi connectivity index (χ4v) is 1.38. The molecule has 0 radical (unpaired) electrons. The van der Waals surface area contributed by atoms with Crippen molar-refractivity contribution in [3.8, 4) is 5.75 Å². The molecule has 3 N–H and O–H groups in total. The van der Waals surface area contributed by atoms with E-state index in [1.165, 1.54) is 12.1 Å². The number of nitrogens with two attached hydrogens (primary N) is 1. The maximum absolute atomic E-state index is 13.0. The zero-order valence-electron chi connectivity index (χ0n) is 11.1. The van der Waals surface area contributed by atoms with Crippen LogP contribution in [-0.2, 0) is 4.79 Å². The van der Waals surface area contributed by atoms with E-state index in [0.29, 0.717) is 18.7 Å². The molecule has 1 aromatic rings. The fraction of sp³-hybridized carbons (Fsp3) is 0.462. The van der Waals surface area contributed by atoms with Crippen LogP contribution < -0.4 is 15.8 Å². The van der Waals surface area contributed by atoms with Gasteiger partial charge in [-0.25, -0.2) is 4.39 Å². The maximum atomic E-state index is 13.0. The number of halogens is 2. The molecule has 108 valence electrons. The number of rotatable bonds is 6. The Kier molecular flexibility index (Phi) is 8.11. The highest BCUT2D eigenvalue weighted by molar-refractivity contribution is 5.85. The van der Waals surface area contributed by atoms with Crippen LogP contribution in [0.25, 0.3) is 0 Å². The van der Waals surface area contributed by atoms with Gasteiger partial charge in [-0.3, -0.25) is 4.79 Å². The molecule has 6 heteroatoms. The number of hydrogen-bond acceptors (Lipinski definition) is 3. The number of carbonyl (C=O) groups excluding carboxylic acids is 1. The summed E-state index contributed by atoms with van der Waals surface area (Å²) in [7, 11) is 0. The van der Waals surface area contributed by atoms with Crippen LogP contribution in [-0.4, -0.2) is 24.6 Å². The predicted octanol–water partition coefficient (Wildman–Crippen LogP) is 1.87. The molecule has 4 nitrogen and oxygen atoms in total. The van der Waals surface area contributed by atoms with Crippen LogP contribution in [0.15, 0.2) is 24.3 Å². The Morgan fingerprint density at radius 3 is 2.74 bits per heavy atom. The summed E-state index contributed by atoms with van der Waals surface area (Å²) in [4.78, 5) is 11.3. The van der Waals surface area contributed by atoms with Gasteiger partial charge in [0, 0.05) is 6.07 Å². The van der Waals surface area contributed by atoms with E-state index < -0.39 is 6.04 Å². The number of amides is 1. The molecule has 0 saturated carbocycles. The van der Waals surface area contributed by atoms with Gasteiger partial charge in [0.05, 0.1) is 12.6 Å². The van der Waals surface area contributed by atoms with Crippen molar-refractivity contribution in [1.29, 1.82) is 0 Å². The fourth-order valence-electron chi connectivity index (χ4n) is 1.38. The van der Waals surface area contributed by atoms with Crippen molar-refractivity contribution in [1.82, 2.24) is 5.32 Å². The molecule has 1 aromatic carbocycles. The summed E-state index contributed by atoms with van der Waals surface area (Å²) in [5, 5.41) is 2.69. The normalized spacial score (nSPS) is 13.1. The molecule has 0 heterocycles. The van der Waals surface area contributed by atoms with Crippen molar-refractivity contribution in [3.63, 3.8) is 0 Å². The lowest BCUT2D eigenvalue weighted by Crippen LogP contribution is -2.42. The highest BCUT2D eigenvalue weighted by Crippen LogP contribution is 2.14. The molecule has 0 saturated heterocycles. The van der Waals surface area contributed by atoms with E-state index in [-0.39, 0.29) is 30.2 Å². The second kappa shape index (κ2) is 8.72. The van der Waals surface area contributed by atoms with E-state index in [0.717, 1.165) is 0 Å². The molecule has 0 aliphatic heterocycles. The molecular weight excluding hydrogens is 271 g/mol. The third kappa shape index (κ3) is 6.40. The molecule has 0 fully saturated rings. The average Bonchev–Trinajstić information content (AvgIpc) is 2.33. The highest BCUT2D eigenvalue weighted by atomic mass is 35.5. The second-order valence-corrected chi connectivity index (χ2v) is 4.14. The Morgan fingerprint density at radius 1 is 1.53 bits per heavy atom. The number of nitrogens with one attached hydrogen (secondary N) is 1. The minimum atomic E-state index is -0.545. The average molecular weight is 291 g/mol. The van der Waals surface area contributed by atoms with Gasteiger partial charge in [0.2, 0.25) is 5.91 Å². The summed E-state index contributed by atoms with van der Waals surface area (Å²) in [6.45, 7) is 3.90. The van der Waals surface area contributed by atoms with Gasteiger partial charge in [-0.15, -0.1) is 12.4 Å². The van der Waals surface area contributed by atoms with E-state index in [2.05, 4.69) is 5.32 Å². The lowest BCUT2D eigenvalue weighted by atomic mass is 10.2. The summed E-state index contributed by atoms with van der Waals surface area (Å²) >= 11 is 0. The van der Waals surface area contributed by atoms with E-state index >= 15 is 0 Å². The molecular formula is C13H20ClFN2O2. The highest BCUT2D eigenvalue weighted by Gasteiger charge is 2.12. The Balaban J connectivity index is 0.00000324. The molecule has 0 aliphatic rings. The van der Waals surface area contributed by atoms with E-state index in [4.69, 9.17) is 10.5 Å². The van der Waals surface area contributed by atoms with Gasteiger partial charge in [0.15, 0.2) is 0 Å². The van der Waals surface area contributed by atoms with Crippen LogP contribution in [0.2, 0.25) is 0 Å². The van der Waals surface area contributed by atoms with Crippen molar-refractivity contribution in [2.24, 2.45) is 5.73 Å². The smallest absolute Gasteiger partial charge is 0.236 e. The van der Waals surface area contributed by atoms with Gasteiger partial charge in [0.25, 0.3) is 0 Å². The first-order valence-corrected chi connectivity index (χ1v) is 5.98. The molecule has 1 rings (SSSR count). The molecule has 0 aliphatic carbocycles. The first-order chi connectivity index (χ1) is 8.52. The van der Waals surface area contributed by atoms with Gasteiger partial charge in [0.1, 0.15) is 17.7 Å². The first kappa shape index (κ1) is 17.7. The Morgan fingerprint density at radius 2 is 2.21 bits per heavy atom. The monoisotopic (exact) mass is 290 g/mol. The lowest BCUT2D eigenvalue weighted by Gasteiger charge is -2.18. The Hall–Kier alpha value is -1.33. The van der Waals surface area contributed by atoms with Crippen LogP contribution in [0.1, 0.15) is 20.3 Å². The number of hydrogen-bond donors (Lipinski definition) is 2. The Labute approximate surface area is 118 Å². The summed E-state index contributed by atoms with van der Waals surface area (Å²) in [6.07, 6.45) is 0.505. The molecule has 19 heavy (non-hydrogen) atoms. The molecule has 0 bridgehead atoms. The first-order valence-electron chi connectivity index (χ1n) is 5.98. The number of benzene rings is 1. The Bertz CT molecular complexity index is 402. The molecule has 2 atom stereocenters. The number of ether oxygens (including phenoxy) is 1. The van der Waals surface area contributed by atoms with E-state index in [1.807, 2.05) is 6.92 Å². The lowest BCUT2D eigenvalue weighted by molar-refractivity contribution is -0.122. The summed E-state index contributed by atoms with van der Waals surface area (Å²) in [5.41, 5.74) is 5.43. The van der Waals surface area contributed by atoms with Crippen molar-refractivity contribution in [2.45, 2.75) is 32.4 Å². The third-order valence-electron chi connectivity index (χ3n) is 2.47. The SMILES string of the molecule is CCC(CNC(=O)[C@H](C)N)Oc1cccc(F)c1.Cl. The molecule has 1 unspecified atom stereocenters. The minimum Gasteiger partial charge on any atom is -0.489 e. The van der Waals surface area contributed by atoms with Crippen molar-refractivity contribution in [3.05, 3.63) is 30.1 Å². The van der Waals surface area contributed by atoms with Crippen LogP contribution >= 0.6 is 12.4 Å². The largest absolute Gasteiger partial charge is 0.489 e. The van der Waals surface area contributed by atoms with Crippen molar-refractivity contribution < 1.29 is 13.9 Å². The zero-order valence-corrected chi connectivity index (χ0v) is 11.9. The van der Waals surface area contributed by atoms with Crippen LogP contribution in [0.3, 0.4) is 0 Å². The predicted molar refractivity (Wildman–Crippen MR) is 75.0 cm³/mol. The quantitative estimate of drug-likeness (QED) is 0.841. The van der Waals surface area contributed by atoms with Gasteiger partial charge >= 0.3 is 0 Å². The van der Waals surface area contributed by atoms with Crippen molar-refractivity contribution >= 4 is 18.3 Å². The number of carbonyl (C=O) groups is 1. The van der Waals surface area contributed by atoms with E-state index in [9.17, 15) is 9.18 Å². The van der Waals surface area contributed by atoms with Gasteiger partial charge < -0.3 is 15.8 Å². The molecule has 0 spiro atoms. The topological polar surface area (TPSA) is 64.4 Å². The van der Waals surface area contributed by atoms with Crippen LogP contribution in [0, 0.1) is 5.82 Å². The standard InChI is InChI=1S/C13H19FN2O2.ClH/c1-3-11(8-16-13(17)9(2)15)18-12-6-4-5-10(14)7-12;/h4-7,9,11H,3,8,15H2,1-2H3,(H,16,17);1H/t9-,11?;/m0./s1. The van der Waals surface area contributed by atoms with Crippen LogP contribution in [0.4, 0.5) is 4.39 Å². The van der Waals surface area contributed by atoms with E-state index in [1.54, 1.807) is 19.1 Å². The summed E-state index contributed by atoms with van der Waals surface area (Å²) < 4.78 is 18.6.